The highest BCUT2D eigenvalue weighted by Crippen LogP contribution is 2.29. The van der Waals surface area contributed by atoms with E-state index >= 15 is 0 Å². The Morgan fingerprint density at radius 2 is 1.77 bits per heavy atom. The second-order valence-corrected chi connectivity index (χ2v) is 12.3. The second kappa shape index (κ2) is 12.9. The van der Waals surface area contributed by atoms with Crippen LogP contribution in [0.2, 0.25) is 0 Å². The van der Waals surface area contributed by atoms with E-state index in [4.69, 9.17) is 9.47 Å². The smallest absolute Gasteiger partial charge is 0.317 e. The van der Waals surface area contributed by atoms with Crippen molar-refractivity contribution in [2.24, 2.45) is 7.05 Å². The maximum absolute atomic E-state index is 12.9. The summed E-state index contributed by atoms with van der Waals surface area (Å²) < 4.78 is 40.8. The summed E-state index contributed by atoms with van der Waals surface area (Å²) in [6.07, 6.45) is 3.31. The first-order valence-electron chi connectivity index (χ1n) is 14.1. The average Bonchev–Trinajstić information content (AvgIpc) is 3.31. The number of hydrogen-bond acceptors (Lipinski definition) is 6. The summed E-state index contributed by atoms with van der Waals surface area (Å²) in [5.74, 6) is -0.247. The molecule has 0 atom stereocenters. The minimum absolute atomic E-state index is 0.0572. The van der Waals surface area contributed by atoms with Gasteiger partial charge in [0.1, 0.15) is 5.75 Å². The predicted octanol–water partition coefficient (Wildman–Crippen LogP) is 3.79. The molecule has 0 radical (unpaired) electrons. The quantitative estimate of drug-likeness (QED) is 0.300. The summed E-state index contributed by atoms with van der Waals surface area (Å²) >= 11 is 0. The molecule has 2 N–H and O–H groups in total. The average molecular weight is 605 g/mol. The van der Waals surface area contributed by atoms with Crippen LogP contribution in [0.15, 0.2) is 71.8 Å². The Morgan fingerprint density at radius 1 is 1.00 bits per heavy atom. The third-order valence-electron chi connectivity index (χ3n) is 7.66. The Balaban J connectivity index is 1.30. The van der Waals surface area contributed by atoms with E-state index in [-0.39, 0.29) is 16.5 Å². The molecule has 0 aliphatic carbocycles. The van der Waals surface area contributed by atoms with Gasteiger partial charge < -0.3 is 24.3 Å². The molecule has 1 aliphatic rings. The van der Waals surface area contributed by atoms with Gasteiger partial charge in [-0.25, -0.2) is 17.9 Å². The first-order valence-corrected chi connectivity index (χ1v) is 15.6. The zero-order valence-corrected chi connectivity index (χ0v) is 25.4. The van der Waals surface area contributed by atoms with Gasteiger partial charge in [0.2, 0.25) is 0 Å². The van der Waals surface area contributed by atoms with Crippen LogP contribution < -0.4 is 14.8 Å². The maximum atomic E-state index is 12.9. The molecule has 0 unspecified atom stereocenters. The number of ether oxygens (including phenoxy) is 2. The number of rotatable bonds is 9. The maximum Gasteiger partial charge on any atom is 0.317 e. The molecule has 1 aromatic heterocycles. The third-order valence-corrected chi connectivity index (χ3v) is 9.16. The number of carbonyl (C=O) groups excluding carboxylic acids is 2. The Morgan fingerprint density at radius 3 is 2.51 bits per heavy atom. The fourth-order valence-electron chi connectivity index (χ4n) is 5.34. The van der Waals surface area contributed by atoms with Gasteiger partial charge in [0, 0.05) is 55.8 Å². The van der Waals surface area contributed by atoms with Crippen molar-refractivity contribution in [1.82, 2.24) is 19.5 Å². The van der Waals surface area contributed by atoms with Crippen molar-refractivity contribution in [3.63, 3.8) is 0 Å². The highest BCUT2D eigenvalue weighted by Gasteiger charge is 2.22. The van der Waals surface area contributed by atoms with Crippen molar-refractivity contribution < 1.29 is 27.5 Å². The lowest BCUT2D eigenvalue weighted by Gasteiger charge is -2.26. The fourth-order valence-corrected chi connectivity index (χ4v) is 6.56. The lowest BCUT2D eigenvalue weighted by Crippen LogP contribution is -2.46. The molecule has 1 fully saturated rings. The minimum Gasteiger partial charge on any atom is -0.496 e. The summed E-state index contributed by atoms with van der Waals surface area (Å²) in [5, 5.41) is 4.09. The molecule has 2 heterocycles. The van der Waals surface area contributed by atoms with E-state index < -0.39 is 15.9 Å². The summed E-state index contributed by atoms with van der Waals surface area (Å²) in [7, 11) is -0.515. The molecule has 0 bridgehead atoms. The van der Waals surface area contributed by atoms with E-state index in [1.54, 1.807) is 48.2 Å². The van der Waals surface area contributed by atoms with Gasteiger partial charge in [0.15, 0.2) is 0 Å². The van der Waals surface area contributed by atoms with Gasteiger partial charge in [-0.2, -0.15) is 0 Å². The van der Waals surface area contributed by atoms with E-state index in [0.29, 0.717) is 57.0 Å². The number of aryl methyl sites for hydroxylation is 2. The van der Waals surface area contributed by atoms with Crippen molar-refractivity contribution in [2.75, 3.05) is 40.0 Å². The van der Waals surface area contributed by atoms with Gasteiger partial charge in [0.25, 0.3) is 15.9 Å². The number of carbonyl (C=O) groups is 2. The third kappa shape index (κ3) is 6.84. The molecule has 1 saturated heterocycles. The minimum atomic E-state index is -4.03. The molecular formula is C32H36N4O6S. The molecule has 0 spiro atoms. The van der Waals surface area contributed by atoms with Crippen LogP contribution in [-0.4, -0.2) is 69.8 Å². The Hall–Kier alpha value is -4.35. The highest BCUT2D eigenvalue weighted by atomic mass is 32.2. The van der Waals surface area contributed by atoms with Crippen molar-refractivity contribution in [2.45, 2.75) is 24.7 Å². The predicted molar refractivity (Wildman–Crippen MR) is 164 cm³/mol. The van der Waals surface area contributed by atoms with Gasteiger partial charge in [-0.3, -0.25) is 4.79 Å². The molecule has 10 nitrogen and oxygen atoms in total. The van der Waals surface area contributed by atoms with Crippen LogP contribution in [0.5, 0.6) is 5.75 Å². The number of hydrogen-bond donors (Lipinski definition) is 2. The second-order valence-electron chi connectivity index (χ2n) is 10.6. The van der Waals surface area contributed by atoms with Crippen LogP contribution in [0.1, 0.15) is 32.6 Å². The summed E-state index contributed by atoms with van der Waals surface area (Å²) in [6.45, 7) is 4.55. The molecule has 5 rings (SSSR count). The van der Waals surface area contributed by atoms with Crippen molar-refractivity contribution in [3.05, 3.63) is 94.7 Å². The van der Waals surface area contributed by atoms with E-state index in [0.717, 1.165) is 27.6 Å². The summed E-state index contributed by atoms with van der Waals surface area (Å²) in [4.78, 5) is 27.2. The number of sulfonamides is 1. The number of fused-ring (bicyclic) bond motifs is 1. The molecule has 43 heavy (non-hydrogen) atoms. The topological polar surface area (TPSA) is 119 Å². The van der Waals surface area contributed by atoms with Crippen LogP contribution in [0.3, 0.4) is 0 Å². The number of urea groups is 1. The highest BCUT2D eigenvalue weighted by molar-refractivity contribution is 7.90. The molecule has 11 heteroatoms. The number of nitrogens with zero attached hydrogens (tertiary/aromatic N) is 2. The lowest BCUT2D eigenvalue weighted by molar-refractivity contribution is 0.0533. The van der Waals surface area contributed by atoms with E-state index in [9.17, 15) is 18.0 Å². The largest absolute Gasteiger partial charge is 0.496 e. The monoisotopic (exact) mass is 604 g/mol. The Bertz CT molecular complexity index is 1760. The van der Waals surface area contributed by atoms with Crippen molar-refractivity contribution in [3.8, 4) is 5.75 Å². The number of aromatic nitrogens is 1. The molecule has 1 aliphatic heterocycles. The van der Waals surface area contributed by atoms with Crippen LogP contribution in [0.4, 0.5) is 4.79 Å². The Labute approximate surface area is 251 Å². The fraction of sp³-hybridized carbons (Fsp3) is 0.312. The number of amides is 3. The van der Waals surface area contributed by atoms with Gasteiger partial charge >= 0.3 is 6.03 Å². The number of morpholine rings is 1. The van der Waals surface area contributed by atoms with Gasteiger partial charge in [-0.15, -0.1) is 0 Å². The Kier molecular flexibility index (Phi) is 9.02. The zero-order chi connectivity index (χ0) is 30.6. The van der Waals surface area contributed by atoms with E-state index in [1.807, 2.05) is 7.05 Å². The van der Waals surface area contributed by atoms with Crippen molar-refractivity contribution >= 4 is 32.9 Å². The zero-order valence-electron chi connectivity index (χ0n) is 24.6. The molecule has 3 aromatic carbocycles. The lowest BCUT2D eigenvalue weighted by atomic mass is 10.00. The van der Waals surface area contributed by atoms with Crippen LogP contribution in [0.25, 0.3) is 10.9 Å². The molecule has 4 aromatic rings. The summed E-state index contributed by atoms with van der Waals surface area (Å²) in [5.41, 5.74) is 4.85. The van der Waals surface area contributed by atoms with Crippen molar-refractivity contribution in [1.29, 1.82) is 0 Å². The van der Waals surface area contributed by atoms with E-state index in [2.05, 4.69) is 39.0 Å². The van der Waals surface area contributed by atoms with Gasteiger partial charge in [0.05, 0.1) is 25.2 Å². The molecule has 3 amide bonds. The first kappa shape index (κ1) is 30.1. The standard InChI is InChI=1S/C32H36N4O6S/c1-22-6-4-5-7-30(22)43(39,40)34-31(37)25-10-9-24(29(20-25)41-3)19-26-21-35(2)28-11-8-23(18-27(26)28)12-13-33-32(38)36-14-16-42-17-15-36/h4-11,18,20-21H,12-17,19H2,1-3H3,(H,33,38)(H,34,37). The SMILES string of the molecule is COc1cc(C(=O)NS(=O)(=O)c2ccccc2C)ccc1Cc1cn(C)c2ccc(CCNC(=O)N3CCOCC3)cc12. The van der Waals surface area contributed by atoms with Crippen LogP contribution >= 0.6 is 0 Å². The molecular weight excluding hydrogens is 568 g/mol. The van der Waals surface area contributed by atoms with Crippen LogP contribution in [0, 0.1) is 6.92 Å². The summed E-state index contributed by atoms with van der Waals surface area (Å²) in [6, 6.07) is 17.7. The first-order chi connectivity index (χ1) is 20.7. The molecule has 226 valence electrons. The normalized spacial score (nSPS) is 13.6. The number of benzene rings is 3. The van der Waals surface area contributed by atoms with Crippen LogP contribution in [-0.2, 0) is 34.6 Å². The number of nitrogens with one attached hydrogen (secondary N) is 2. The molecule has 0 saturated carbocycles. The number of methoxy groups -OCH3 is 1. The van der Waals surface area contributed by atoms with E-state index in [1.165, 1.54) is 13.2 Å². The van der Waals surface area contributed by atoms with Gasteiger partial charge in [-0.1, -0.05) is 30.3 Å². The van der Waals surface area contributed by atoms with Gasteiger partial charge in [-0.05, 0) is 65.9 Å².